The van der Waals surface area contributed by atoms with E-state index in [2.05, 4.69) is 47.5 Å². The molecule has 116 heavy (non-hydrogen) atoms. The summed E-state index contributed by atoms with van der Waals surface area (Å²) in [6.07, 6.45) is -7.22. The van der Waals surface area contributed by atoms with Gasteiger partial charge in [-0.25, -0.2) is 0 Å². The number of unbranched alkanes of at least 4 members (excludes halogenated alkanes) is 1. The Labute approximate surface area is 675 Å². The van der Waals surface area contributed by atoms with Crippen molar-refractivity contribution in [1.29, 1.82) is 0 Å². The summed E-state index contributed by atoms with van der Waals surface area (Å²) < 4.78 is 23.2. The fourth-order valence-electron chi connectivity index (χ4n) is 14.4. The zero-order valence-corrected chi connectivity index (χ0v) is 66.0. The topological polar surface area (TPSA) is 527 Å². The summed E-state index contributed by atoms with van der Waals surface area (Å²) in [5, 5.41) is 88.5. The third kappa shape index (κ3) is 22.0. The molecule has 33 nitrogen and oxygen atoms in total. The quantitative estimate of drug-likeness (QED) is 0.0141. The maximum atomic E-state index is 15.3. The van der Waals surface area contributed by atoms with Crippen molar-refractivity contribution in [2.75, 3.05) is 38.4 Å². The largest absolute Gasteiger partial charge is 0.507 e. The smallest absolute Gasteiger partial charge is 0.306 e. The van der Waals surface area contributed by atoms with Crippen molar-refractivity contribution in [3.8, 4) is 17.2 Å². The number of Topliss-reactive ketones (excluding diaryl/α,β-unsaturated/α-hetero) is 1. The molecule has 2 saturated heterocycles. The second kappa shape index (κ2) is 41.0. The second-order valence-corrected chi connectivity index (χ2v) is 31.8. The number of aliphatic hydroxyl groups is 4. The Hall–Kier alpha value is -10.3. The molecule has 0 bridgehead atoms. The first-order valence-electron chi connectivity index (χ1n) is 38.3. The molecule has 1 aromatic heterocycles. The number of fused-ring (bicyclic) bond motifs is 4. The van der Waals surface area contributed by atoms with Crippen LogP contribution < -0.4 is 58.7 Å². The molecule has 35 heteroatoms. The van der Waals surface area contributed by atoms with Crippen LogP contribution in [0.5, 0.6) is 17.2 Å². The maximum absolute atomic E-state index is 15.3. The molecule has 19 N–H and O–H groups in total. The van der Waals surface area contributed by atoms with Crippen LogP contribution in [0, 0.1) is 5.92 Å². The van der Waals surface area contributed by atoms with Crippen LogP contribution >= 0.6 is 21.6 Å². The van der Waals surface area contributed by atoms with E-state index in [9.17, 15) is 69.0 Å². The van der Waals surface area contributed by atoms with Crippen LogP contribution in [-0.2, 0) is 87.8 Å². The van der Waals surface area contributed by atoms with Crippen molar-refractivity contribution >= 4 is 103 Å². The number of carbonyl (C=O) groups excluding carboxylic acids is 12. The molecule has 3 heterocycles. The van der Waals surface area contributed by atoms with E-state index in [1.807, 2.05) is 0 Å². The standard InChI is InChI=1S/C81H99N11O22S2/c1-40(94)56(36-93)89-80(109)58-39-116-115-38-57(79(108)87-54(30-44-19-9-6-10-20-44)77(106)88-55(32-46-35-84-51-23-12-11-21-47(46)51)78(107)86-52(24-13-14-28-82)75(104)92-69(41(2)95)81(110)91-58)90-76(105)53(29-43-17-7-5-8-18-43)85-62(97)26-16-27-63(98)112-37-59(96)45-31-49-66(61(33-45)114-64-34-50(83)70(99)42(3)113-64)74(103)68-67(72(49)101)71(100)48-22-15-25-60(111-4)65(48)73(68)102/h5-12,15,17-23,25,35,40-42,45,50,52-58,61,64,69-70,84,93-95,99,101,103H,13-14,16,24,26-34,36-39,82-83H2,1-4H3,(H,85,97)(H,86,107)(H,87,108)(H,88,106)(H,89,109)(H,90,105)(H,91,110)(H,92,104)/t40-,41-,42+,45?,50+,52+,53-,54+,55-,56-,57?,58+,61+,64+,69+,70-/m1/s1. The van der Waals surface area contributed by atoms with E-state index >= 15 is 19.2 Å². The minimum absolute atomic E-state index is 0.0374. The van der Waals surface area contributed by atoms with Crippen molar-refractivity contribution in [2.24, 2.45) is 17.4 Å². The fraction of sp³-hybridized carbons (Fsp3) is 0.457. The van der Waals surface area contributed by atoms with Gasteiger partial charge in [0.1, 0.15) is 66.1 Å². The van der Waals surface area contributed by atoms with Crippen LogP contribution in [0.1, 0.15) is 138 Å². The third-order valence-electron chi connectivity index (χ3n) is 20.9. The first kappa shape index (κ1) is 88.0. The van der Waals surface area contributed by atoms with E-state index < -0.39 is 216 Å². The van der Waals surface area contributed by atoms with Crippen molar-refractivity contribution in [3.63, 3.8) is 0 Å². The number of esters is 1. The number of amides is 8. The number of nitrogens with two attached hydrogens (primary N) is 2. The average Bonchev–Trinajstić information content (AvgIpc) is 0.840. The van der Waals surface area contributed by atoms with Gasteiger partial charge in [-0.1, -0.05) is 113 Å². The van der Waals surface area contributed by atoms with Gasteiger partial charge in [0, 0.05) is 95.8 Å². The first-order valence-corrected chi connectivity index (χ1v) is 40.8. The van der Waals surface area contributed by atoms with Crippen LogP contribution in [0.25, 0.3) is 10.9 Å². The number of phenols is 2. The van der Waals surface area contributed by atoms with Gasteiger partial charge in [0.05, 0.1) is 67.0 Å². The summed E-state index contributed by atoms with van der Waals surface area (Å²) in [6.45, 7) is 2.72. The number of aliphatic hydroxyl groups excluding tert-OH is 4. The van der Waals surface area contributed by atoms with E-state index in [4.69, 9.17) is 30.4 Å². The average molecular weight is 1640 g/mol. The SMILES string of the molecule is COc1cccc2c1C(=O)c1c(O)c3c(c(O)c1C2=O)CC(C(=O)COC(=O)CCCC(=O)N[C@H](Cc1ccccc1)C(=O)NC1CSSC[C@@H](C(=O)N[C@H](CO)[C@@H](C)O)NC(=O)[C@H]([C@@H](C)O)NC(=O)[C@H](CCCCN)NC(=O)[C@@H](Cc2c[nH]c4ccccc24)NC(=O)[C@H](Cc2ccccc2)NC1=O)C[C@@H]3O[C@H]1C[C@H](N)[C@H](O)[C@H](C)O1. The summed E-state index contributed by atoms with van der Waals surface area (Å²) in [4.78, 5) is 177. The highest BCUT2D eigenvalue weighted by Crippen LogP contribution is 2.52. The highest BCUT2D eigenvalue weighted by atomic mass is 33.1. The molecular weight excluding hydrogens is 1540 g/mol. The number of carbonyl (C=O) groups is 12. The van der Waals surface area contributed by atoms with Gasteiger partial charge in [0.25, 0.3) is 0 Å². The molecular formula is C81H99N11O22S2. The predicted molar refractivity (Wildman–Crippen MR) is 424 cm³/mol. The number of nitrogens with one attached hydrogen (secondary N) is 9. The van der Waals surface area contributed by atoms with Crippen molar-refractivity contribution in [2.45, 2.75) is 189 Å². The summed E-state index contributed by atoms with van der Waals surface area (Å²) in [7, 11) is 3.12. The molecule has 0 saturated carbocycles. The Bertz CT molecular complexity index is 4560. The normalized spacial score (nSPS) is 24.0. The number of H-pyrrole nitrogens is 1. The number of para-hydroxylation sites is 1. The molecule has 2 unspecified atom stereocenters. The fourth-order valence-corrected chi connectivity index (χ4v) is 16.8. The van der Waals surface area contributed by atoms with Crippen LogP contribution in [0.3, 0.4) is 0 Å². The molecule has 16 atom stereocenters. The predicted octanol–water partition coefficient (Wildman–Crippen LogP) is 0.973. The lowest BCUT2D eigenvalue weighted by molar-refractivity contribution is -0.243. The van der Waals surface area contributed by atoms with E-state index in [-0.39, 0.29) is 104 Å². The lowest BCUT2D eigenvalue weighted by Crippen LogP contribution is -2.62. The minimum Gasteiger partial charge on any atom is -0.507 e. The number of ketones is 3. The van der Waals surface area contributed by atoms with Gasteiger partial charge in [0.15, 0.2) is 17.9 Å². The van der Waals surface area contributed by atoms with Crippen LogP contribution in [0.4, 0.5) is 0 Å². The Balaban J connectivity index is 0.882. The van der Waals surface area contributed by atoms with E-state index in [0.29, 0.717) is 34.0 Å². The number of hydrogen-bond donors (Lipinski definition) is 17. The van der Waals surface area contributed by atoms with E-state index in [1.165, 1.54) is 39.2 Å². The molecule has 2 aliphatic carbocycles. The van der Waals surface area contributed by atoms with Gasteiger partial charge in [-0.2, -0.15) is 0 Å². The Morgan fingerprint density at radius 3 is 2.03 bits per heavy atom. The number of ether oxygens (including phenoxy) is 4. The van der Waals surface area contributed by atoms with Gasteiger partial charge < -0.3 is 109 Å². The number of hydrogen-bond acceptors (Lipinski definition) is 26. The monoisotopic (exact) mass is 1640 g/mol. The Kier molecular flexibility index (Phi) is 31.1. The van der Waals surface area contributed by atoms with Crippen molar-refractivity contribution < 1.29 is 107 Å². The molecule has 0 spiro atoms. The summed E-state index contributed by atoms with van der Waals surface area (Å²) in [5.74, 6) is -13.7. The Morgan fingerprint density at radius 1 is 0.698 bits per heavy atom. The third-order valence-corrected chi connectivity index (χ3v) is 23.3. The van der Waals surface area contributed by atoms with E-state index in [1.54, 1.807) is 98.0 Å². The van der Waals surface area contributed by atoms with Crippen LogP contribution in [0.2, 0.25) is 0 Å². The highest BCUT2D eigenvalue weighted by Gasteiger charge is 2.47. The number of aromatic hydroxyl groups is 2. The maximum Gasteiger partial charge on any atom is 0.306 e. The number of aromatic amines is 1. The van der Waals surface area contributed by atoms with E-state index in [0.717, 1.165) is 21.6 Å². The lowest BCUT2D eigenvalue weighted by Gasteiger charge is -2.40. The molecule has 622 valence electrons. The summed E-state index contributed by atoms with van der Waals surface area (Å²) in [5.41, 5.74) is 13.0. The van der Waals surface area contributed by atoms with Crippen LogP contribution in [0.15, 0.2) is 109 Å². The molecule has 10 rings (SSSR count). The van der Waals surface area contributed by atoms with Crippen molar-refractivity contribution in [3.05, 3.63) is 159 Å². The molecule has 5 aromatic carbocycles. The number of methoxy groups -OCH3 is 1. The van der Waals surface area contributed by atoms with Gasteiger partial charge in [-0.15, -0.1) is 0 Å². The number of rotatable bonds is 28. The number of phenolic OH excluding ortho intramolecular Hbond substituents is 2. The highest BCUT2D eigenvalue weighted by molar-refractivity contribution is 8.76. The van der Waals surface area contributed by atoms with Gasteiger partial charge >= 0.3 is 5.97 Å². The molecule has 8 amide bonds. The van der Waals surface area contributed by atoms with Gasteiger partial charge in [-0.3, -0.25) is 57.5 Å². The lowest BCUT2D eigenvalue weighted by atomic mass is 9.73. The molecule has 4 aliphatic rings. The molecule has 6 aromatic rings. The number of aromatic nitrogens is 1. The zero-order valence-electron chi connectivity index (χ0n) is 64.3. The molecule has 2 fully saturated rings. The van der Waals surface area contributed by atoms with Crippen LogP contribution in [-0.4, -0.2) is 230 Å². The zero-order chi connectivity index (χ0) is 83.6. The van der Waals surface area contributed by atoms with Gasteiger partial charge in [-0.05, 0) is 94.7 Å². The Morgan fingerprint density at radius 2 is 1.35 bits per heavy atom. The number of benzene rings is 5. The minimum atomic E-state index is -1.77. The molecule has 2 aliphatic heterocycles. The van der Waals surface area contributed by atoms with Gasteiger partial charge in [0.2, 0.25) is 53.0 Å². The van der Waals surface area contributed by atoms with Crippen molar-refractivity contribution in [1.82, 2.24) is 47.5 Å². The molecule has 0 radical (unpaired) electrons. The summed E-state index contributed by atoms with van der Waals surface area (Å²) >= 11 is 0. The first-order chi connectivity index (χ1) is 55.6. The second-order valence-electron chi connectivity index (χ2n) is 29.3. The summed E-state index contributed by atoms with van der Waals surface area (Å²) in [6, 6.07) is 15.6.